The highest BCUT2D eigenvalue weighted by Gasteiger charge is 2.39. The van der Waals surface area contributed by atoms with E-state index in [1.807, 2.05) is 65.6 Å². The van der Waals surface area contributed by atoms with Crippen LogP contribution >= 0.6 is 0 Å². The second-order valence-corrected chi connectivity index (χ2v) is 11.4. The fourth-order valence-corrected chi connectivity index (χ4v) is 5.89. The van der Waals surface area contributed by atoms with Crippen LogP contribution in [0.4, 0.5) is 14.5 Å². The van der Waals surface area contributed by atoms with Crippen LogP contribution in [0.15, 0.2) is 84.9 Å². The van der Waals surface area contributed by atoms with E-state index < -0.39 is 11.6 Å². The number of piperidine rings is 1. The first kappa shape index (κ1) is 29.1. The Balaban J connectivity index is 1.22. The van der Waals surface area contributed by atoms with Crippen LogP contribution in [0.2, 0.25) is 0 Å². The van der Waals surface area contributed by atoms with Gasteiger partial charge in [0.05, 0.1) is 23.3 Å². The van der Waals surface area contributed by atoms with E-state index in [1.165, 1.54) is 12.1 Å². The number of hydrogen-bond acceptors (Lipinski definition) is 6. The van der Waals surface area contributed by atoms with Crippen molar-refractivity contribution in [3.63, 3.8) is 0 Å². The highest BCUT2D eigenvalue weighted by molar-refractivity contribution is 5.72. The summed E-state index contributed by atoms with van der Waals surface area (Å²) in [6.07, 6.45) is 3.40. The van der Waals surface area contributed by atoms with Crippen LogP contribution in [0.1, 0.15) is 36.8 Å². The monoisotopic (exact) mass is 586 g/mol. The molecule has 8 heteroatoms. The third-order valence-corrected chi connectivity index (χ3v) is 8.51. The molecular formula is C35H36F2N2O4. The molecule has 1 atom stereocenters. The Hall–Kier alpha value is -4.01. The van der Waals surface area contributed by atoms with Crippen LogP contribution in [0, 0.1) is 17.6 Å². The summed E-state index contributed by atoms with van der Waals surface area (Å²) in [5.41, 5.74) is 2.20. The zero-order chi connectivity index (χ0) is 29.6. The predicted octanol–water partition coefficient (Wildman–Crippen LogP) is 6.94. The first-order valence-electron chi connectivity index (χ1n) is 14.9. The molecule has 2 fully saturated rings. The van der Waals surface area contributed by atoms with E-state index in [0.29, 0.717) is 37.9 Å². The van der Waals surface area contributed by atoms with Gasteiger partial charge >= 0.3 is 0 Å². The molecule has 1 N–H and O–H groups in total. The molecule has 0 bridgehead atoms. The summed E-state index contributed by atoms with van der Waals surface area (Å²) in [6.45, 7) is 2.47. The lowest BCUT2D eigenvalue weighted by atomic mass is 9.82. The molecule has 1 aromatic heterocycles. The molecular weight excluding hydrogens is 550 g/mol. The van der Waals surface area contributed by atoms with Crippen molar-refractivity contribution in [3.05, 3.63) is 108 Å². The molecule has 3 heterocycles. The van der Waals surface area contributed by atoms with Crippen molar-refractivity contribution >= 4 is 5.69 Å². The summed E-state index contributed by atoms with van der Waals surface area (Å²) in [4.78, 5) is 6.52. The lowest BCUT2D eigenvalue weighted by Crippen LogP contribution is -2.49. The summed E-state index contributed by atoms with van der Waals surface area (Å²) in [6, 6.07) is 25.2. The van der Waals surface area contributed by atoms with Gasteiger partial charge in [0.1, 0.15) is 24.8 Å². The second-order valence-electron chi connectivity index (χ2n) is 11.4. The van der Waals surface area contributed by atoms with Crippen LogP contribution in [0.25, 0.3) is 11.1 Å². The maximum absolute atomic E-state index is 15.8. The van der Waals surface area contributed by atoms with E-state index >= 15 is 8.78 Å². The SMILES string of the molecule is OCC1CCC2(CCN(c3cc(F)c(-c4ccc(OCc5ccccc5)nc4OCc4ccccc4)c(F)c3)CC2)OC1. The molecule has 0 saturated carbocycles. The van der Waals surface area contributed by atoms with Crippen molar-refractivity contribution in [1.29, 1.82) is 0 Å². The largest absolute Gasteiger partial charge is 0.473 e. The summed E-state index contributed by atoms with van der Waals surface area (Å²) >= 11 is 0. The molecule has 0 aliphatic carbocycles. The standard InChI is InChI=1S/C35H36F2N2O4/c36-30-19-28(39-17-15-35(16-18-39)14-13-27(21-40)24-43-35)20-31(37)33(30)29-11-12-32(41-22-25-7-3-1-4-8-25)38-34(29)42-23-26-9-5-2-6-10-26/h1-12,19-20,27,40H,13-18,21-24H2. The van der Waals surface area contributed by atoms with Crippen molar-refractivity contribution in [2.45, 2.75) is 44.5 Å². The smallest absolute Gasteiger partial charge is 0.225 e. The highest BCUT2D eigenvalue weighted by Crippen LogP contribution is 2.40. The molecule has 6 rings (SSSR count). The number of anilines is 1. The Bertz CT molecular complexity index is 1480. The summed E-state index contributed by atoms with van der Waals surface area (Å²) in [5.74, 6) is -0.778. The van der Waals surface area contributed by atoms with E-state index in [2.05, 4.69) is 4.98 Å². The maximum atomic E-state index is 15.8. The molecule has 3 aromatic carbocycles. The van der Waals surface area contributed by atoms with Crippen molar-refractivity contribution in [3.8, 4) is 22.9 Å². The van der Waals surface area contributed by atoms with Gasteiger partial charge in [-0.25, -0.2) is 8.78 Å². The summed E-state index contributed by atoms with van der Waals surface area (Å²) < 4.78 is 49.6. The van der Waals surface area contributed by atoms with Gasteiger partial charge in [-0.05, 0) is 55.0 Å². The minimum absolute atomic E-state index is 0.0931. The van der Waals surface area contributed by atoms with Crippen LogP contribution in [0.3, 0.4) is 0 Å². The minimum Gasteiger partial charge on any atom is -0.473 e. The van der Waals surface area contributed by atoms with Gasteiger partial charge in [0, 0.05) is 37.4 Å². The number of benzene rings is 3. The zero-order valence-electron chi connectivity index (χ0n) is 24.1. The molecule has 1 unspecified atom stereocenters. The van der Waals surface area contributed by atoms with Crippen molar-refractivity contribution in [1.82, 2.24) is 4.98 Å². The number of halogens is 2. The number of aromatic nitrogens is 1. The molecule has 224 valence electrons. The molecule has 0 amide bonds. The zero-order valence-corrected chi connectivity index (χ0v) is 24.1. The van der Waals surface area contributed by atoms with E-state index in [9.17, 15) is 5.11 Å². The van der Waals surface area contributed by atoms with E-state index in [4.69, 9.17) is 14.2 Å². The third-order valence-electron chi connectivity index (χ3n) is 8.51. The Kier molecular flexibility index (Phi) is 8.86. The van der Waals surface area contributed by atoms with E-state index in [0.717, 1.165) is 36.8 Å². The number of aliphatic hydroxyl groups is 1. The lowest BCUT2D eigenvalue weighted by Gasteiger charge is -2.46. The normalized spacial score (nSPS) is 18.0. The number of nitrogens with zero attached hydrogens (tertiary/aromatic N) is 2. The second kappa shape index (κ2) is 13.1. The molecule has 0 radical (unpaired) electrons. The Labute approximate surface area is 250 Å². The van der Waals surface area contributed by atoms with Crippen LogP contribution in [-0.2, 0) is 18.0 Å². The molecule has 2 aliphatic heterocycles. The average molecular weight is 587 g/mol. The fraction of sp³-hybridized carbons (Fsp3) is 0.343. The van der Waals surface area contributed by atoms with Crippen molar-refractivity contribution in [2.24, 2.45) is 5.92 Å². The summed E-state index contributed by atoms with van der Waals surface area (Å²) in [7, 11) is 0. The topological polar surface area (TPSA) is 64.1 Å². The van der Waals surface area contributed by atoms with Gasteiger partial charge in [-0.2, -0.15) is 4.98 Å². The predicted molar refractivity (Wildman–Crippen MR) is 161 cm³/mol. The van der Waals surface area contributed by atoms with Gasteiger partial charge in [-0.1, -0.05) is 60.7 Å². The molecule has 4 aromatic rings. The van der Waals surface area contributed by atoms with Crippen LogP contribution in [0.5, 0.6) is 11.8 Å². The molecule has 6 nitrogen and oxygen atoms in total. The average Bonchev–Trinajstić information content (AvgIpc) is 3.05. The van der Waals surface area contributed by atoms with E-state index in [1.54, 1.807) is 12.1 Å². The fourth-order valence-electron chi connectivity index (χ4n) is 5.89. The van der Waals surface area contributed by atoms with E-state index in [-0.39, 0.29) is 41.7 Å². The molecule has 43 heavy (non-hydrogen) atoms. The van der Waals surface area contributed by atoms with Crippen LogP contribution in [-0.4, -0.2) is 42.0 Å². The third kappa shape index (κ3) is 6.81. The summed E-state index contributed by atoms with van der Waals surface area (Å²) in [5, 5.41) is 9.43. The van der Waals surface area contributed by atoms with Gasteiger partial charge in [0.25, 0.3) is 0 Å². The Morgan fingerprint density at radius 3 is 2.05 bits per heavy atom. The number of aliphatic hydroxyl groups excluding tert-OH is 1. The number of pyridine rings is 1. The van der Waals surface area contributed by atoms with Gasteiger partial charge in [-0.3, -0.25) is 0 Å². The van der Waals surface area contributed by atoms with Crippen LogP contribution < -0.4 is 14.4 Å². The Morgan fingerprint density at radius 1 is 0.837 bits per heavy atom. The lowest BCUT2D eigenvalue weighted by molar-refractivity contribution is -0.119. The Morgan fingerprint density at radius 2 is 1.47 bits per heavy atom. The number of ether oxygens (including phenoxy) is 3. The molecule has 2 saturated heterocycles. The maximum Gasteiger partial charge on any atom is 0.225 e. The van der Waals surface area contributed by atoms with Crippen molar-refractivity contribution in [2.75, 3.05) is 31.2 Å². The van der Waals surface area contributed by atoms with Gasteiger partial charge in [-0.15, -0.1) is 0 Å². The first-order valence-corrected chi connectivity index (χ1v) is 14.9. The van der Waals surface area contributed by atoms with Gasteiger partial charge < -0.3 is 24.2 Å². The van der Waals surface area contributed by atoms with Gasteiger partial charge in [0.2, 0.25) is 11.8 Å². The number of rotatable bonds is 9. The highest BCUT2D eigenvalue weighted by atomic mass is 19.1. The minimum atomic E-state index is -0.681. The number of hydrogen-bond donors (Lipinski definition) is 1. The molecule has 1 spiro atoms. The first-order chi connectivity index (χ1) is 21.0. The van der Waals surface area contributed by atoms with Gasteiger partial charge in [0.15, 0.2) is 0 Å². The molecule has 2 aliphatic rings. The quantitative estimate of drug-likeness (QED) is 0.229. The van der Waals surface area contributed by atoms with Crippen molar-refractivity contribution < 1.29 is 28.1 Å².